The lowest BCUT2D eigenvalue weighted by Crippen LogP contribution is -2.18. The number of benzene rings is 1. The zero-order valence-electron chi connectivity index (χ0n) is 10.6. The van der Waals surface area contributed by atoms with E-state index in [1.165, 1.54) is 5.41 Å². The zero-order chi connectivity index (χ0) is 13.9. The lowest BCUT2D eigenvalue weighted by atomic mass is 9.99. The number of hydrogen-bond donors (Lipinski definition) is 2. The smallest absolute Gasteiger partial charge is 0.190 e. The molecule has 0 spiro atoms. The second-order valence-electron chi connectivity index (χ2n) is 5.20. The Bertz CT molecular complexity index is 444. The quantitative estimate of drug-likeness (QED) is 0.826. The van der Waals surface area contributed by atoms with Gasteiger partial charge in [0.25, 0.3) is 0 Å². The zero-order valence-corrected chi connectivity index (χ0v) is 11.5. The Balaban J connectivity index is 3.02. The van der Waals surface area contributed by atoms with Crippen molar-refractivity contribution in [2.75, 3.05) is 6.61 Å². The third-order valence-corrected chi connectivity index (χ3v) is 2.40. The van der Waals surface area contributed by atoms with Gasteiger partial charge in [-0.2, -0.15) is 0 Å². The summed E-state index contributed by atoms with van der Waals surface area (Å²) in [5, 5.41) is 1.28. The van der Waals surface area contributed by atoms with Gasteiger partial charge >= 0.3 is 0 Å². The SMILES string of the molecule is CC(C)(C)COc1c(F)cc(/C(N)=C/S)cc1F. The first-order valence-electron chi connectivity index (χ1n) is 5.46. The molecule has 0 heterocycles. The van der Waals surface area contributed by atoms with Crippen LogP contribution in [0.1, 0.15) is 26.3 Å². The number of ether oxygens (including phenoxy) is 1. The molecule has 0 saturated carbocycles. The predicted octanol–water partition coefficient (Wildman–Crippen LogP) is 3.58. The van der Waals surface area contributed by atoms with Gasteiger partial charge in [0.2, 0.25) is 0 Å². The predicted molar refractivity (Wildman–Crippen MR) is 72.5 cm³/mol. The Morgan fingerprint density at radius 3 is 2.22 bits per heavy atom. The summed E-state index contributed by atoms with van der Waals surface area (Å²) in [6, 6.07) is 2.26. The van der Waals surface area contributed by atoms with Crippen LogP contribution in [-0.4, -0.2) is 6.61 Å². The first-order valence-corrected chi connectivity index (χ1v) is 5.98. The minimum atomic E-state index is -0.771. The molecule has 0 saturated heterocycles. The molecular formula is C13H17F2NOS. The van der Waals surface area contributed by atoms with Crippen LogP contribution in [0.2, 0.25) is 0 Å². The van der Waals surface area contributed by atoms with E-state index in [-0.39, 0.29) is 29.0 Å². The summed E-state index contributed by atoms with van der Waals surface area (Å²) in [4.78, 5) is 0. The van der Waals surface area contributed by atoms with Crippen LogP contribution < -0.4 is 10.5 Å². The maximum Gasteiger partial charge on any atom is 0.190 e. The molecule has 18 heavy (non-hydrogen) atoms. The third-order valence-electron chi connectivity index (χ3n) is 2.12. The van der Waals surface area contributed by atoms with Crippen LogP contribution in [0.25, 0.3) is 5.70 Å². The Kier molecular flexibility index (Phi) is 4.62. The third kappa shape index (κ3) is 3.91. The molecule has 1 aromatic carbocycles. The lowest BCUT2D eigenvalue weighted by molar-refractivity contribution is 0.184. The van der Waals surface area contributed by atoms with Gasteiger partial charge in [-0.25, -0.2) is 8.78 Å². The molecule has 0 aliphatic carbocycles. The summed E-state index contributed by atoms with van der Waals surface area (Å²) in [7, 11) is 0. The van der Waals surface area contributed by atoms with Crippen molar-refractivity contribution < 1.29 is 13.5 Å². The molecule has 5 heteroatoms. The van der Waals surface area contributed by atoms with Crippen molar-refractivity contribution in [2.45, 2.75) is 20.8 Å². The van der Waals surface area contributed by atoms with Crippen molar-refractivity contribution in [3.63, 3.8) is 0 Å². The largest absolute Gasteiger partial charge is 0.487 e. The summed E-state index contributed by atoms with van der Waals surface area (Å²) in [6.07, 6.45) is 0. The Labute approximate surface area is 111 Å². The molecule has 0 bridgehead atoms. The fraction of sp³-hybridized carbons (Fsp3) is 0.385. The highest BCUT2D eigenvalue weighted by molar-refractivity contribution is 7.83. The van der Waals surface area contributed by atoms with E-state index in [2.05, 4.69) is 12.6 Å². The maximum atomic E-state index is 13.7. The fourth-order valence-electron chi connectivity index (χ4n) is 1.23. The maximum absolute atomic E-state index is 13.7. The van der Waals surface area contributed by atoms with Gasteiger partial charge < -0.3 is 10.5 Å². The lowest BCUT2D eigenvalue weighted by Gasteiger charge is -2.19. The number of rotatable bonds is 3. The van der Waals surface area contributed by atoms with Crippen LogP contribution in [0, 0.1) is 17.0 Å². The second-order valence-corrected chi connectivity index (χ2v) is 5.46. The highest BCUT2D eigenvalue weighted by atomic mass is 32.1. The first-order chi connectivity index (χ1) is 8.24. The minimum Gasteiger partial charge on any atom is -0.487 e. The molecule has 0 atom stereocenters. The van der Waals surface area contributed by atoms with Crippen LogP contribution in [0.3, 0.4) is 0 Å². The van der Waals surface area contributed by atoms with Gasteiger partial charge in [0, 0.05) is 11.3 Å². The van der Waals surface area contributed by atoms with Crippen LogP contribution in [0.5, 0.6) is 5.75 Å². The van der Waals surface area contributed by atoms with E-state index in [0.29, 0.717) is 0 Å². The summed E-state index contributed by atoms with van der Waals surface area (Å²) >= 11 is 3.84. The van der Waals surface area contributed by atoms with E-state index in [4.69, 9.17) is 10.5 Å². The summed E-state index contributed by atoms with van der Waals surface area (Å²) in [5.41, 5.74) is 5.79. The standard InChI is InChI=1S/C13H17F2NOS/c1-13(2,3)7-17-12-9(14)4-8(5-10(12)15)11(16)6-18/h4-6,18H,7,16H2,1-3H3/b11-6-. The highest BCUT2D eigenvalue weighted by Gasteiger charge is 2.17. The molecule has 2 N–H and O–H groups in total. The normalized spacial score (nSPS) is 12.7. The second kappa shape index (κ2) is 5.61. The van der Waals surface area contributed by atoms with E-state index in [0.717, 1.165) is 12.1 Å². The van der Waals surface area contributed by atoms with Crippen molar-refractivity contribution in [3.8, 4) is 5.75 Å². The Morgan fingerprint density at radius 2 is 1.83 bits per heavy atom. The number of hydrogen-bond acceptors (Lipinski definition) is 3. The first kappa shape index (κ1) is 14.8. The molecule has 0 unspecified atom stereocenters. The summed E-state index contributed by atoms with van der Waals surface area (Å²) < 4.78 is 32.6. The van der Waals surface area contributed by atoms with E-state index < -0.39 is 11.6 Å². The molecule has 1 aromatic rings. The van der Waals surface area contributed by atoms with Gasteiger partial charge in [-0.3, -0.25) is 0 Å². The van der Waals surface area contributed by atoms with Crippen LogP contribution in [-0.2, 0) is 0 Å². The van der Waals surface area contributed by atoms with E-state index >= 15 is 0 Å². The molecule has 0 aliphatic rings. The van der Waals surface area contributed by atoms with Crippen LogP contribution in [0.15, 0.2) is 17.5 Å². The number of nitrogens with two attached hydrogens (primary N) is 1. The molecule has 2 nitrogen and oxygen atoms in total. The van der Waals surface area contributed by atoms with Crippen molar-refractivity contribution in [2.24, 2.45) is 11.1 Å². The fourth-order valence-corrected chi connectivity index (χ4v) is 1.38. The summed E-state index contributed by atoms with van der Waals surface area (Å²) in [6.45, 7) is 5.97. The van der Waals surface area contributed by atoms with Crippen LogP contribution in [0.4, 0.5) is 8.78 Å². The Morgan fingerprint density at radius 1 is 1.33 bits per heavy atom. The topological polar surface area (TPSA) is 35.2 Å². The average Bonchev–Trinajstić information content (AvgIpc) is 2.25. The van der Waals surface area contributed by atoms with Gasteiger partial charge in [0.05, 0.1) is 6.61 Å². The van der Waals surface area contributed by atoms with Crippen molar-refractivity contribution in [1.29, 1.82) is 0 Å². The van der Waals surface area contributed by atoms with Gasteiger partial charge in [-0.15, -0.1) is 12.6 Å². The molecule has 0 fully saturated rings. The van der Waals surface area contributed by atoms with E-state index in [1.807, 2.05) is 20.8 Å². The Hall–Kier alpha value is -1.23. The molecule has 0 amide bonds. The van der Waals surface area contributed by atoms with E-state index in [9.17, 15) is 8.78 Å². The minimum absolute atomic E-state index is 0.179. The summed E-state index contributed by atoms with van der Waals surface area (Å²) in [5.74, 6) is -1.92. The van der Waals surface area contributed by atoms with Gasteiger partial charge in [0.15, 0.2) is 17.4 Å². The molecular weight excluding hydrogens is 256 g/mol. The van der Waals surface area contributed by atoms with Crippen molar-refractivity contribution >= 4 is 18.3 Å². The van der Waals surface area contributed by atoms with E-state index in [1.54, 1.807) is 0 Å². The van der Waals surface area contributed by atoms with Gasteiger partial charge in [-0.05, 0) is 23.0 Å². The van der Waals surface area contributed by atoms with Gasteiger partial charge in [0.1, 0.15) is 0 Å². The molecule has 0 radical (unpaired) electrons. The van der Waals surface area contributed by atoms with Crippen molar-refractivity contribution in [3.05, 3.63) is 34.7 Å². The van der Waals surface area contributed by atoms with Crippen molar-refractivity contribution in [1.82, 2.24) is 0 Å². The molecule has 100 valence electrons. The van der Waals surface area contributed by atoms with Gasteiger partial charge in [-0.1, -0.05) is 20.8 Å². The number of thiol groups is 1. The molecule has 1 rings (SSSR count). The number of halogens is 2. The highest BCUT2D eigenvalue weighted by Crippen LogP contribution is 2.27. The monoisotopic (exact) mass is 273 g/mol. The average molecular weight is 273 g/mol. The molecule has 0 aliphatic heterocycles. The molecule has 0 aromatic heterocycles. The van der Waals surface area contributed by atoms with Crippen LogP contribution >= 0.6 is 12.6 Å².